The van der Waals surface area contributed by atoms with Gasteiger partial charge in [0.2, 0.25) is 0 Å². The van der Waals surface area contributed by atoms with Crippen molar-refractivity contribution in [1.29, 1.82) is 0 Å². The second-order valence-corrected chi connectivity index (χ2v) is 2.67. The van der Waals surface area contributed by atoms with Gasteiger partial charge in [-0.05, 0) is 30.5 Å². The molecule has 0 unspecified atom stereocenters. The summed E-state index contributed by atoms with van der Waals surface area (Å²) in [4.78, 5) is 0. The maximum absolute atomic E-state index is 8.61. The molecule has 0 spiro atoms. The van der Waals surface area contributed by atoms with Crippen molar-refractivity contribution in [2.24, 2.45) is 5.84 Å². The van der Waals surface area contributed by atoms with Gasteiger partial charge in [0.05, 0.1) is 0 Å². The molecule has 0 aromatic heterocycles. The highest BCUT2D eigenvalue weighted by molar-refractivity contribution is 5.44. The Morgan fingerprint density at radius 3 is 2.92 bits per heavy atom. The number of hydrogen-bond donors (Lipinski definition) is 3. The molecule has 0 saturated carbocycles. The van der Waals surface area contributed by atoms with Crippen LogP contribution in [0.25, 0.3) is 0 Å². The van der Waals surface area contributed by atoms with E-state index in [0.29, 0.717) is 0 Å². The molecule has 4 N–H and O–H groups in total. The van der Waals surface area contributed by atoms with Gasteiger partial charge in [0.15, 0.2) is 0 Å². The molecule has 0 amide bonds. The molecule has 0 aliphatic rings. The highest BCUT2D eigenvalue weighted by atomic mass is 16.2. The topological polar surface area (TPSA) is 58.3 Å². The second-order valence-electron chi connectivity index (χ2n) is 2.67. The summed E-state index contributed by atoms with van der Waals surface area (Å²) >= 11 is 0. The number of hydrogen-bond acceptors (Lipinski definition) is 3. The molecule has 66 valence electrons. The zero-order valence-electron chi connectivity index (χ0n) is 6.96. The molecule has 0 atom stereocenters. The molecule has 1 rings (SSSR count). The lowest BCUT2D eigenvalue weighted by atomic mass is 10.1. The lowest BCUT2D eigenvalue weighted by molar-refractivity contribution is 0.288. The molecule has 0 aliphatic heterocycles. The summed E-state index contributed by atoms with van der Waals surface area (Å²) in [6.45, 7) is 0.236. The third-order valence-electron chi connectivity index (χ3n) is 1.72. The first-order chi connectivity index (χ1) is 5.86. The van der Waals surface area contributed by atoms with Crippen molar-refractivity contribution in [3.05, 3.63) is 29.8 Å². The number of anilines is 1. The molecule has 3 heteroatoms. The maximum atomic E-state index is 8.61. The number of hydrazine groups is 1. The van der Waals surface area contributed by atoms with E-state index >= 15 is 0 Å². The van der Waals surface area contributed by atoms with Gasteiger partial charge in [0.25, 0.3) is 0 Å². The van der Waals surface area contributed by atoms with E-state index in [2.05, 4.69) is 5.43 Å². The fourth-order valence-electron chi connectivity index (χ4n) is 1.10. The van der Waals surface area contributed by atoms with Gasteiger partial charge in [0, 0.05) is 12.3 Å². The van der Waals surface area contributed by atoms with Crippen LogP contribution in [-0.4, -0.2) is 11.7 Å². The minimum atomic E-state index is 0.236. The lowest BCUT2D eigenvalue weighted by Gasteiger charge is -2.02. The monoisotopic (exact) mass is 166 g/mol. The third kappa shape index (κ3) is 2.53. The summed E-state index contributed by atoms with van der Waals surface area (Å²) < 4.78 is 0. The first-order valence-corrected chi connectivity index (χ1v) is 4.03. The Morgan fingerprint density at radius 1 is 1.42 bits per heavy atom. The Hall–Kier alpha value is -1.06. The number of nitrogens with one attached hydrogen (secondary N) is 1. The van der Waals surface area contributed by atoms with Crippen LogP contribution in [0.15, 0.2) is 24.3 Å². The zero-order chi connectivity index (χ0) is 8.81. The van der Waals surface area contributed by atoms with Crippen molar-refractivity contribution < 1.29 is 5.11 Å². The Kier molecular flexibility index (Phi) is 3.57. The summed E-state index contributed by atoms with van der Waals surface area (Å²) in [6, 6.07) is 7.86. The molecule has 0 radical (unpaired) electrons. The maximum Gasteiger partial charge on any atom is 0.0487 e. The highest BCUT2D eigenvalue weighted by Gasteiger charge is 1.93. The van der Waals surface area contributed by atoms with Crippen LogP contribution in [0.4, 0.5) is 5.69 Å². The third-order valence-corrected chi connectivity index (χ3v) is 1.72. The van der Waals surface area contributed by atoms with Crippen LogP contribution in [0.1, 0.15) is 12.0 Å². The normalized spacial score (nSPS) is 9.83. The highest BCUT2D eigenvalue weighted by Crippen LogP contribution is 2.10. The number of benzene rings is 1. The van der Waals surface area contributed by atoms with Gasteiger partial charge >= 0.3 is 0 Å². The minimum Gasteiger partial charge on any atom is -0.396 e. The minimum absolute atomic E-state index is 0.236. The first kappa shape index (κ1) is 9.03. The van der Waals surface area contributed by atoms with Crippen LogP contribution in [-0.2, 0) is 6.42 Å². The number of aliphatic hydroxyl groups excluding tert-OH is 1. The van der Waals surface area contributed by atoms with Gasteiger partial charge in [-0.2, -0.15) is 0 Å². The van der Waals surface area contributed by atoms with E-state index in [1.165, 1.54) is 5.56 Å². The largest absolute Gasteiger partial charge is 0.396 e. The second kappa shape index (κ2) is 4.74. The Bertz CT molecular complexity index is 238. The molecule has 0 fully saturated rings. The van der Waals surface area contributed by atoms with E-state index < -0.39 is 0 Å². The van der Waals surface area contributed by atoms with Crippen molar-refractivity contribution in [1.82, 2.24) is 0 Å². The van der Waals surface area contributed by atoms with E-state index in [1.54, 1.807) is 0 Å². The summed E-state index contributed by atoms with van der Waals surface area (Å²) in [7, 11) is 0. The predicted octanol–water partition coefficient (Wildman–Crippen LogP) is 0.897. The van der Waals surface area contributed by atoms with Crippen molar-refractivity contribution in [3.63, 3.8) is 0 Å². The molecular weight excluding hydrogens is 152 g/mol. The quantitative estimate of drug-likeness (QED) is 0.460. The predicted molar refractivity (Wildman–Crippen MR) is 49.7 cm³/mol. The summed E-state index contributed by atoms with van der Waals surface area (Å²) in [5, 5.41) is 8.61. The fraction of sp³-hybridized carbons (Fsp3) is 0.333. The zero-order valence-corrected chi connectivity index (χ0v) is 6.96. The molecule has 1 aromatic rings. The first-order valence-electron chi connectivity index (χ1n) is 4.03. The molecular formula is C9H14N2O. The molecule has 3 nitrogen and oxygen atoms in total. The summed E-state index contributed by atoms with van der Waals surface area (Å²) in [5.74, 6) is 5.25. The summed E-state index contributed by atoms with van der Waals surface area (Å²) in [6.07, 6.45) is 1.69. The molecule has 0 bridgehead atoms. The number of aliphatic hydroxyl groups is 1. The Balaban J connectivity index is 2.60. The average molecular weight is 166 g/mol. The molecule has 0 heterocycles. The smallest absolute Gasteiger partial charge is 0.0487 e. The van der Waals surface area contributed by atoms with Gasteiger partial charge in [-0.25, -0.2) is 0 Å². The number of nitrogens with two attached hydrogens (primary N) is 1. The van der Waals surface area contributed by atoms with Gasteiger partial charge in [-0.1, -0.05) is 12.1 Å². The van der Waals surface area contributed by atoms with Gasteiger partial charge in [-0.3, -0.25) is 5.84 Å². The Labute approximate surface area is 72.2 Å². The molecule has 1 aromatic carbocycles. The average Bonchev–Trinajstić information content (AvgIpc) is 2.15. The van der Waals surface area contributed by atoms with Gasteiger partial charge in [0.1, 0.15) is 0 Å². The van der Waals surface area contributed by atoms with Crippen LogP contribution < -0.4 is 11.3 Å². The fourth-order valence-corrected chi connectivity index (χ4v) is 1.10. The summed E-state index contributed by atoms with van der Waals surface area (Å²) in [5.41, 5.74) is 4.68. The van der Waals surface area contributed by atoms with E-state index in [9.17, 15) is 0 Å². The van der Waals surface area contributed by atoms with E-state index in [-0.39, 0.29) is 6.61 Å². The molecule has 0 saturated heterocycles. The van der Waals surface area contributed by atoms with Crippen LogP contribution in [0.5, 0.6) is 0 Å². The van der Waals surface area contributed by atoms with Crippen molar-refractivity contribution in [2.45, 2.75) is 12.8 Å². The lowest BCUT2D eigenvalue weighted by Crippen LogP contribution is -2.06. The standard InChI is InChI=1S/C9H14N2O/c10-11-9-5-1-3-8(7-9)4-2-6-12/h1,3,5,7,11-12H,2,4,6,10H2. The van der Waals surface area contributed by atoms with Crippen LogP contribution in [0.2, 0.25) is 0 Å². The van der Waals surface area contributed by atoms with E-state index in [4.69, 9.17) is 10.9 Å². The Morgan fingerprint density at radius 2 is 2.25 bits per heavy atom. The number of nitrogen functional groups attached to an aromatic ring is 1. The molecule has 0 aliphatic carbocycles. The number of rotatable bonds is 4. The molecule has 12 heavy (non-hydrogen) atoms. The number of aryl methyl sites for hydroxylation is 1. The van der Waals surface area contributed by atoms with Crippen LogP contribution in [0.3, 0.4) is 0 Å². The SMILES string of the molecule is NNc1cccc(CCCO)c1. The van der Waals surface area contributed by atoms with Gasteiger partial charge < -0.3 is 10.5 Å². The van der Waals surface area contributed by atoms with Crippen molar-refractivity contribution >= 4 is 5.69 Å². The van der Waals surface area contributed by atoms with Crippen LogP contribution in [0, 0.1) is 0 Å². The van der Waals surface area contributed by atoms with E-state index in [0.717, 1.165) is 18.5 Å². The van der Waals surface area contributed by atoms with Crippen LogP contribution >= 0.6 is 0 Å². The van der Waals surface area contributed by atoms with Crippen molar-refractivity contribution in [3.8, 4) is 0 Å². The van der Waals surface area contributed by atoms with Crippen molar-refractivity contribution in [2.75, 3.05) is 12.0 Å². The van der Waals surface area contributed by atoms with E-state index in [1.807, 2.05) is 24.3 Å². The van der Waals surface area contributed by atoms with Gasteiger partial charge in [-0.15, -0.1) is 0 Å².